The van der Waals surface area contributed by atoms with Crippen molar-refractivity contribution in [1.29, 1.82) is 0 Å². The fourth-order valence-electron chi connectivity index (χ4n) is 3.78. The standard InChI is InChI=1S/C17H34N2O/c1-15-7-9-17(10-8-15,13-18-11-12-20-3)14-19(2)16-5-4-6-16/h15-16,18H,4-14H2,1-3H3. The van der Waals surface area contributed by atoms with Gasteiger partial charge < -0.3 is 15.0 Å². The molecule has 3 heteroatoms. The lowest BCUT2D eigenvalue weighted by atomic mass is 9.70. The molecule has 2 saturated carbocycles. The molecule has 20 heavy (non-hydrogen) atoms. The number of nitrogens with one attached hydrogen (secondary N) is 1. The first-order valence-corrected chi connectivity index (χ1v) is 8.55. The normalized spacial score (nSPS) is 31.5. The third-order valence-electron chi connectivity index (χ3n) is 5.60. The van der Waals surface area contributed by atoms with Crippen LogP contribution in [0.3, 0.4) is 0 Å². The maximum atomic E-state index is 5.15. The third kappa shape index (κ3) is 4.44. The number of nitrogens with zero attached hydrogens (tertiary/aromatic N) is 1. The molecule has 0 atom stereocenters. The number of hydrogen-bond acceptors (Lipinski definition) is 3. The van der Waals surface area contributed by atoms with E-state index in [2.05, 4.69) is 24.2 Å². The molecule has 0 aliphatic heterocycles. The number of hydrogen-bond donors (Lipinski definition) is 1. The molecule has 0 spiro atoms. The van der Waals surface area contributed by atoms with Crippen molar-refractivity contribution >= 4 is 0 Å². The van der Waals surface area contributed by atoms with Gasteiger partial charge in [0.2, 0.25) is 0 Å². The summed E-state index contributed by atoms with van der Waals surface area (Å²) in [5.74, 6) is 0.927. The molecule has 0 aromatic rings. The topological polar surface area (TPSA) is 24.5 Å². The van der Waals surface area contributed by atoms with Gasteiger partial charge in [-0.25, -0.2) is 0 Å². The van der Waals surface area contributed by atoms with E-state index in [1.165, 1.54) is 58.0 Å². The third-order valence-corrected chi connectivity index (χ3v) is 5.60. The van der Waals surface area contributed by atoms with E-state index in [1.54, 1.807) is 7.11 Å². The molecule has 2 aliphatic rings. The van der Waals surface area contributed by atoms with Gasteiger partial charge in [0, 0.05) is 32.8 Å². The lowest BCUT2D eigenvalue weighted by Crippen LogP contribution is -2.49. The van der Waals surface area contributed by atoms with E-state index in [-0.39, 0.29) is 0 Å². The molecular weight excluding hydrogens is 248 g/mol. The van der Waals surface area contributed by atoms with Crippen molar-refractivity contribution < 1.29 is 4.74 Å². The predicted octanol–water partition coefficient (Wildman–Crippen LogP) is 2.90. The van der Waals surface area contributed by atoms with Crippen molar-refractivity contribution in [3.05, 3.63) is 0 Å². The lowest BCUT2D eigenvalue weighted by molar-refractivity contribution is 0.0547. The molecule has 0 heterocycles. The summed E-state index contributed by atoms with van der Waals surface area (Å²) in [6.45, 7) is 6.67. The van der Waals surface area contributed by atoms with Crippen LogP contribution in [0.15, 0.2) is 0 Å². The van der Waals surface area contributed by atoms with E-state index < -0.39 is 0 Å². The van der Waals surface area contributed by atoms with Gasteiger partial charge >= 0.3 is 0 Å². The highest BCUT2D eigenvalue weighted by molar-refractivity contribution is 4.91. The van der Waals surface area contributed by atoms with Gasteiger partial charge in [0.15, 0.2) is 0 Å². The van der Waals surface area contributed by atoms with Gasteiger partial charge in [0.05, 0.1) is 6.61 Å². The highest BCUT2D eigenvalue weighted by atomic mass is 16.5. The summed E-state index contributed by atoms with van der Waals surface area (Å²) in [7, 11) is 4.13. The Hall–Kier alpha value is -0.120. The van der Waals surface area contributed by atoms with Gasteiger partial charge in [-0.15, -0.1) is 0 Å². The van der Waals surface area contributed by atoms with Crippen LogP contribution in [0.2, 0.25) is 0 Å². The van der Waals surface area contributed by atoms with Gasteiger partial charge in [-0.1, -0.05) is 26.2 Å². The van der Waals surface area contributed by atoms with E-state index in [0.717, 1.165) is 25.1 Å². The Morgan fingerprint density at radius 3 is 2.45 bits per heavy atom. The fourth-order valence-corrected chi connectivity index (χ4v) is 3.78. The Labute approximate surface area is 125 Å². The first-order valence-electron chi connectivity index (χ1n) is 8.55. The van der Waals surface area contributed by atoms with Crippen LogP contribution in [0, 0.1) is 11.3 Å². The molecule has 1 N–H and O–H groups in total. The predicted molar refractivity (Wildman–Crippen MR) is 85.1 cm³/mol. The molecule has 0 unspecified atom stereocenters. The number of methoxy groups -OCH3 is 1. The van der Waals surface area contributed by atoms with Crippen LogP contribution in [-0.2, 0) is 4.74 Å². The summed E-state index contributed by atoms with van der Waals surface area (Å²) in [6, 6.07) is 0.866. The van der Waals surface area contributed by atoms with Crippen LogP contribution in [0.5, 0.6) is 0 Å². The van der Waals surface area contributed by atoms with Crippen LogP contribution < -0.4 is 5.32 Å². The van der Waals surface area contributed by atoms with Gasteiger partial charge in [0.25, 0.3) is 0 Å². The maximum absolute atomic E-state index is 5.15. The maximum Gasteiger partial charge on any atom is 0.0587 e. The van der Waals surface area contributed by atoms with Crippen LogP contribution in [-0.4, -0.2) is 51.3 Å². The molecule has 0 saturated heterocycles. The van der Waals surface area contributed by atoms with Crippen LogP contribution in [0.1, 0.15) is 51.9 Å². The Bertz CT molecular complexity index is 270. The molecule has 0 aromatic heterocycles. The lowest BCUT2D eigenvalue weighted by Gasteiger charge is -2.45. The van der Waals surface area contributed by atoms with Crippen molar-refractivity contribution in [1.82, 2.24) is 10.2 Å². The molecule has 2 rings (SSSR count). The van der Waals surface area contributed by atoms with E-state index in [9.17, 15) is 0 Å². The molecule has 2 aliphatic carbocycles. The van der Waals surface area contributed by atoms with Crippen molar-refractivity contribution in [2.45, 2.75) is 57.9 Å². The van der Waals surface area contributed by atoms with Crippen molar-refractivity contribution in [3.63, 3.8) is 0 Å². The van der Waals surface area contributed by atoms with Crippen molar-refractivity contribution in [2.24, 2.45) is 11.3 Å². The van der Waals surface area contributed by atoms with Gasteiger partial charge in [-0.05, 0) is 44.1 Å². The van der Waals surface area contributed by atoms with E-state index in [1.807, 2.05) is 0 Å². The first kappa shape index (κ1) is 16.3. The zero-order valence-electron chi connectivity index (χ0n) is 13.8. The first-order chi connectivity index (χ1) is 9.65. The van der Waals surface area contributed by atoms with Gasteiger partial charge in [-0.3, -0.25) is 0 Å². The minimum absolute atomic E-state index is 0.505. The summed E-state index contributed by atoms with van der Waals surface area (Å²) >= 11 is 0. The monoisotopic (exact) mass is 282 g/mol. The quantitative estimate of drug-likeness (QED) is 0.693. The van der Waals surface area contributed by atoms with Crippen LogP contribution in [0.4, 0.5) is 0 Å². The Morgan fingerprint density at radius 2 is 1.90 bits per heavy atom. The van der Waals surface area contributed by atoms with Crippen molar-refractivity contribution in [3.8, 4) is 0 Å². The molecule has 118 valence electrons. The fraction of sp³-hybridized carbons (Fsp3) is 1.00. The molecule has 3 nitrogen and oxygen atoms in total. The van der Waals surface area contributed by atoms with Crippen molar-refractivity contribution in [2.75, 3.05) is 40.4 Å². The zero-order chi connectivity index (χ0) is 14.4. The second-order valence-electron chi connectivity index (χ2n) is 7.35. The average Bonchev–Trinajstić information content (AvgIpc) is 2.36. The smallest absolute Gasteiger partial charge is 0.0587 e. The second-order valence-corrected chi connectivity index (χ2v) is 7.35. The summed E-state index contributed by atoms with van der Waals surface area (Å²) < 4.78 is 5.15. The Balaban J connectivity index is 1.85. The van der Waals surface area contributed by atoms with Crippen LogP contribution in [0.25, 0.3) is 0 Å². The van der Waals surface area contributed by atoms with E-state index >= 15 is 0 Å². The Kier molecular flexibility index (Phi) is 6.31. The molecule has 0 radical (unpaired) electrons. The van der Waals surface area contributed by atoms with Gasteiger partial charge in [0.1, 0.15) is 0 Å². The number of rotatable bonds is 8. The second kappa shape index (κ2) is 7.77. The minimum atomic E-state index is 0.505. The van der Waals surface area contributed by atoms with E-state index in [0.29, 0.717) is 5.41 Å². The minimum Gasteiger partial charge on any atom is -0.383 e. The molecule has 0 aromatic carbocycles. The molecule has 0 bridgehead atoms. The summed E-state index contributed by atoms with van der Waals surface area (Å²) in [6.07, 6.45) is 9.87. The summed E-state index contributed by atoms with van der Waals surface area (Å²) in [4.78, 5) is 2.65. The molecule has 2 fully saturated rings. The SMILES string of the molecule is COCCNCC1(CN(C)C2CCC2)CCC(C)CC1. The Morgan fingerprint density at radius 1 is 1.20 bits per heavy atom. The molecular formula is C17H34N2O. The van der Waals surface area contributed by atoms with Crippen LogP contribution >= 0.6 is 0 Å². The zero-order valence-corrected chi connectivity index (χ0v) is 13.8. The average molecular weight is 282 g/mol. The van der Waals surface area contributed by atoms with E-state index in [4.69, 9.17) is 4.74 Å². The summed E-state index contributed by atoms with van der Waals surface area (Å²) in [5, 5.41) is 3.64. The largest absolute Gasteiger partial charge is 0.383 e. The highest BCUT2D eigenvalue weighted by Gasteiger charge is 2.36. The number of ether oxygens (including phenoxy) is 1. The summed E-state index contributed by atoms with van der Waals surface area (Å²) in [5.41, 5.74) is 0.505. The molecule has 0 amide bonds. The van der Waals surface area contributed by atoms with Gasteiger partial charge in [-0.2, -0.15) is 0 Å². The highest BCUT2D eigenvalue weighted by Crippen LogP contribution is 2.40.